The highest BCUT2D eigenvalue weighted by molar-refractivity contribution is 5.73. The van der Waals surface area contributed by atoms with Gasteiger partial charge in [-0.15, -0.1) is 0 Å². The van der Waals surface area contributed by atoms with Crippen LogP contribution >= 0.6 is 0 Å². The standard InChI is InChI=1S/C14H19N2/c1-2-3-4-7-10-16-12-15-11-13-8-5-6-9-14(13)16/h5-6,8-9,11-12H,2-4,7,10H2,1H3/q+1. The topological polar surface area (TPSA) is 16.8 Å². The molecular formula is C14H19N2+. The first-order valence-electron chi connectivity index (χ1n) is 6.14. The Labute approximate surface area is 97.0 Å². The zero-order valence-electron chi connectivity index (χ0n) is 9.89. The summed E-state index contributed by atoms with van der Waals surface area (Å²) in [5.74, 6) is 0. The fourth-order valence-corrected chi connectivity index (χ4v) is 2.00. The predicted molar refractivity (Wildman–Crippen MR) is 66.1 cm³/mol. The Bertz CT molecular complexity index is 446. The van der Waals surface area contributed by atoms with Crippen LogP contribution in [0.3, 0.4) is 0 Å². The summed E-state index contributed by atoms with van der Waals surface area (Å²) in [6, 6.07) is 8.43. The molecule has 2 aromatic rings. The molecule has 2 rings (SSSR count). The van der Waals surface area contributed by atoms with Crippen LogP contribution in [-0.2, 0) is 6.54 Å². The molecular weight excluding hydrogens is 196 g/mol. The number of hydrogen-bond donors (Lipinski definition) is 0. The highest BCUT2D eigenvalue weighted by Gasteiger charge is 2.04. The van der Waals surface area contributed by atoms with Gasteiger partial charge in [0.15, 0.2) is 6.20 Å². The van der Waals surface area contributed by atoms with Crippen molar-refractivity contribution >= 4 is 10.9 Å². The minimum atomic E-state index is 1.08. The van der Waals surface area contributed by atoms with Gasteiger partial charge in [-0.3, -0.25) is 0 Å². The van der Waals surface area contributed by atoms with E-state index < -0.39 is 0 Å². The summed E-state index contributed by atoms with van der Waals surface area (Å²) in [7, 11) is 0. The van der Waals surface area contributed by atoms with E-state index in [4.69, 9.17) is 0 Å². The Morgan fingerprint density at radius 3 is 2.88 bits per heavy atom. The molecule has 0 aliphatic rings. The highest BCUT2D eigenvalue weighted by Crippen LogP contribution is 2.07. The van der Waals surface area contributed by atoms with E-state index in [2.05, 4.69) is 40.7 Å². The quantitative estimate of drug-likeness (QED) is 0.553. The summed E-state index contributed by atoms with van der Waals surface area (Å²) in [6.07, 6.45) is 9.05. The van der Waals surface area contributed by atoms with Gasteiger partial charge in [0, 0.05) is 0 Å². The van der Waals surface area contributed by atoms with E-state index in [1.165, 1.54) is 36.6 Å². The summed E-state index contributed by atoms with van der Waals surface area (Å²) in [5.41, 5.74) is 1.29. The maximum atomic E-state index is 4.27. The largest absolute Gasteiger partial charge is 0.286 e. The second kappa shape index (κ2) is 5.59. The second-order valence-corrected chi connectivity index (χ2v) is 4.21. The zero-order chi connectivity index (χ0) is 11.2. The average Bonchev–Trinajstić information content (AvgIpc) is 2.35. The molecule has 2 heteroatoms. The molecule has 1 aromatic heterocycles. The van der Waals surface area contributed by atoms with Crippen molar-refractivity contribution < 1.29 is 4.57 Å². The summed E-state index contributed by atoms with van der Waals surface area (Å²) < 4.78 is 2.25. The number of fused-ring (bicyclic) bond motifs is 1. The van der Waals surface area contributed by atoms with E-state index in [0.717, 1.165) is 6.54 Å². The first-order chi connectivity index (χ1) is 7.92. The number of nitrogens with zero attached hydrogens (tertiary/aromatic N) is 2. The van der Waals surface area contributed by atoms with Crippen LogP contribution in [0.4, 0.5) is 0 Å². The summed E-state index contributed by atoms with van der Waals surface area (Å²) in [5, 5.41) is 1.22. The zero-order valence-corrected chi connectivity index (χ0v) is 9.89. The summed E-state index contributed by atoms with van der Waals surface area (Å²) >= 11 is 0. The fourth-order valence-electron chi connectivity index (χ4n) is 2.00. The van der Waals surface area contributed by atoms with Crippen LogP contribution in [0, 0.1) is 0 Å². The van der Waals surface area contributed by atoms with Crippen molar-refractivity contribution in [3.63, 3.8) is 0 Å². The van der Waals surface area contributed by atoms with Crippen LogP contribution in [0.1, 0.15) is 32.6 Å². The molecule has 0 radical (unpaired) electrons. The monoisotopic (exact) mass is 215 g/mol. The Morgan fingerprint density at radius 1 is 1.12 bits per heavy atom. The number of rotatable bonds is 5. The number of aryl methyl sites for hydroxylation is 1. The molecule has 0 N–H and O–H groups in total. The Morgan fingerprint density at radius 2 is 2.00 bits per heavy atom. The number of para-hydroxylation sites is 1. The molecule has 0 amide bonds. The van der Waals surface area contributed by atoms with Gasteiger partial charge in [0.1, 0.15) is 5.52 Å². The SMILES string of the molecule is CCCCCC[n+]1cncc2ccccc21. The van der Waals surface area contributed by atoms with E-state index >= 15 is 0 Å². The Kier molecular flexibility index (Phi) is 3.86. The maximum absolute atomic E-state index is 4.27. The number of unbranched alkanes of at least 4 members (excludes halogenated alkanes) is 3. The Balaban J connectivity index is 2.11. The number of benzene rings is 1. The summed E-state index contributed by atoms with van der Waals surface area (Å²) in [4.78, 5) is 4.27. The van der Waals surface area contributed by atoms with Crippen molar-refractivity contribution in [3.05, 3.63) is 36.8 Å². The number of hydrogen-bond acceptors (Lipinski definition) is 1. The molecule has 84 valence electrons. The van der Waals surface area contributed by atoms with Gasteiger partial charge in [-0.05, 0) is 25.0 Å². The minimum absolute atomic E-state index is 1.08. The normalized spacial score (nSPS) is 10.8. The second-order valence-electron chi connectivity index (χ2n) is 4.21. The molecule has 0 aliphatic heterocycles. The van der Waals surface area contributed by atoms with Crippen molar-refractivity contribution in [2.24, 2.45) is 0 Å². The molecule has 1 aromatic carbocycles. The van der Waals surface area contributed by atoms with Crippen molar-refractivity contribution in [2.45, 2.75) is 39.2 Å². The molecule has 0 spiro atoms. The van der Waals surface area contributed by atoms with Crippen LogP contribution in [0.25, 0.3) is 10.9 Å². The van der Waals surface area contributed by atoms with Gasteiger partial charge < -0.3 is 0 Å². The summed E-state index contributed by atoms with van der Waals surface area (Å²) in [6.45, 7) is 3.32. The lowest BCUT2D eigenvalue weighted by Gasteiger charge is -2.02. The van der Waals surface area contributed by atoms with Gasteiger partial charge >= 0.3 is 0 Å². The minimum Gasteiger partial charge on any atom is -0.230 e. The third-order valence-electron chi connectivity index (χ3n) is 2.92. The lowest BCUT2D eigenvalue weighted by atomic mass is 10.2. The van der Waals surface area contributed by atoms with Gasteiger partial charge in [0.25, 0.3) is 6.33 Å². The van der Waals surface area contributed by atoms with Gasteiger partial charge in [-0.2, -0.15) is 0 Å². The third-order valence-corrected chi connectivity index (χ3v) is 2.92. The molecule has 2 nitrogen and oxygen atoms in total. The van der Waals surface area contributed by atoms with Gasteiger partial charge in [-0.25, -0.2) is 4.57 Å². The first-order valence-corrected chi connectivity index (χ1v) is 6.14. The molecule has 16 heavy (non-hydrogen) atoms. The smallest absolute Gasteiger partial charge is 0.230 e. The van der Waals surface area contributed by atoms with Crippen LogP contribution in [0.15, 0.2) is 36.8 Å². The highest BCUT2D eigenvalue weighted by atomic mass is 15.0. The lowest BCUT2D eigenvalue weighted by molar-refractivity contribution is -0.674. The van der Waals surface area contributed by atoms with Gasteiger partial charge in [0.2, 0.25) is 0 Å². The first kappa shape index (κ1) is 11.1. The molecule has 0 unspecified atom stereocenters. The molecule has 0 fully saturated rings. The van der Waals surface area contributed by atoms with E-state index in [1.54, 1.807) is 0 Å². The van der Waals surface area contributed by atoms with Crippen molar-refractivity contribution in [1.82, 2.24) is 4.98 Å². The van der Waals surface area contributed by atoms with Crippen molar-refractivity contribution in [2.75, 3.05) is 0 Å². The van der Waals surface area contributed by atoms with Crippen molar-refractivity contribution in [3.8, 4) is 0 Å². The van der Waals surface area contributed by atoms with E-state index in [1.807, 2.05) is 12.5 Å². The molecule has 0 aliphatic carbocycles. The van der Waals surface area contributed by atoms with Crippen molar-refractivity contribution in [1.29, 1.82) is 0 Å². The molecule has 0 bridgehead atoms. The molecule has 1 heterocycles. The molecule has 0 atom stereocenters. The van der Waals surface area contributed by atoms with Crippen LogP contribution in [0.5, 0.6) is 0 Å². The maximum Gasteiger partial charge on any atom is 0.286 e. The van der Waals surface area contributed by atoms with Gasteiger partial charge in [-0.1, -0.05) is 36.9 Å². The third kappa shape index (κ3) is 2.57. The molecule has 0 saturated carbocycles. The number of aromatic nitrogens is 2. The van der Waals surface area contributed by atoms with Crippen LogP contribution in [0.2, 0.25) is 0 Å². The van der Waals surface area contributed by atoms with E-state index in [0.29, 0.717) is 0 Å². The molecule has 0 saturated heterocycles. The van der Waals surface area contributed by atoms with Crippen LogP contribution < -0.4 is 4.57 Å². The van der Waals surface area contributed by atoms with E-state index in [9.17, 15) is 0 Å². The van der Waals surface area contributed by atoms with E-state index in [-0.39, 0.29) is 0 Å². The Hall–Kier alpha value is -1.44. The average molecular weight is 215 g/mol. The predicted octanol–water partition coefficient (Wildman–Crippen LogP) is 3.10. The lowest BCUT2D eigenvalue weighted by Crippen LogP contribution is -2.34. The van der Waals surface area contributed by atoms with Crippen LogP contribution in [-0.4, -0.2) is 4.98 Å². The fraction of sp³-hybridized carbons (Fsp3) is 0.429. The van der Waals surface area contributed by atoms with Gasteiger partial charge in [0.05, 0.1) is 11.9 Å².